The van der Waals surface area contributed by atoms with Crippen LogP contribution >= 0.6 is 0 Å². The Balaban J connectivity index is -0.0000000287. The average molecular weight is 196 g/mol. The van der Waals surface area contributed by atoms with Crippen molar-refractivity contribution in [2.45, 2.75) is 25.7 Å². The van der Waals surface area contributed by atoms with Crippen molar-refractivity contribution < 1.29 is 0 Å². The third-order valence-electron chi connectivity index (χ3n) is 0.750. The molecule has 0 saturated heterocycles. The van der Waals surface area contributed by atoms with Gasteiger partial charge in [0, 0.05) is 0 Å². The van der Waals surface area contributed by atoms with E-state index < -0.39 is 0 Å². The molecule has 0 aromatic rings. The molecule has 0 amide bonds. The molecule has 0 rings (SSSR count). The molecular formula is C14H28. The van der Waals surface area contributed by atoms with Crippen LogP contribution in [-0.4, -0.2) is 0 Å². The summed E-state index contributed by atoms with van der Waals surface area (Å²) in [5.74, 6) is 0. The molecule has 0 spiro atoms. The van der Waals surface area contributed by atoms with Gasteiger partial charge in [0.1, 0.15) is 0 Å². The molecule has 0 radical (unpaired) electrons. The molecule has 0 aliphatic carbocycles. The van der Waals surface area contributed by atoms with E-state index in [2.05, 4.69) is 66.5 Å². The Morgan fingerprint density at radius 3 is 1.07 bits per heavy atom. The third kappa shape index (κ3) is 312. The van der Waals surface area contributed by atoms with Crippen LogP contribution in [0.1, 0.15) is 25.7 Å². The van der Waals surface area contributed by atoms with Crippen LogP contribution in [0.15, 0.2) is 52.6 Å². The highest BCUT2D eigenvalue weighted by Gasteiger charge is 1.77. The molecule has 84 valence electrons. The van der Waals surface area contributed by atoms with Crippen molar-refractivity contribution in [3.8, 4) is 0 Å². The Hall–Kier alpha value is -1.17. The Bertz CT molecular complexity index is 36.0. The molecule has 0 fully saturated rings. The van der Waals surface area contributed by atoms with Gasteiger partial charge in [-0.2, -0.15) is 6.42 Å². The first kappa shape index (κ1) is 29.3. The first-order valence-electron chi connectivity index (χ1n) is 4.50. The van der Waals surface area contributed by atoms with Gasteiger partial charge in [0.15, 0.2) is 0 Å². The second-order valence-electron chi connectivity index (χ2n) is 1.41. The predicted molar refractivity (Wildman–Crippen MR) is 74.2 cm³/mol. The van der Waals surface area contributed by atoms with Gasteiger partial charge in [-0.3, -0.25) is 0 Å². The minimum absolute atomic E-state index is 1.06. The van der Waals surface area contributed by atoms with E-state index in [0.717, 1.165) is 12.8 Å². The smallest absolute Gasteiger partial charge is 0.0849 e. The lowest BCUT2D eigenvalue weighted by Crippen LogP contribution is -1.66. The predicted octanol–water partition coefficient (Wildman–Crippen LogP) is 5.42. The minimum Gasteiger partial charge on any atom is -0.343 e. The van der Waals surface area contributed by atoms with Crippen LogP contribution in [0.25, 0.3) is 0 Å². The van der Waals surface area contributed by atoms with E-state index >= 15 is 0 Å². The summed E-state index contributed by atoms with van der Waals surface area (Å²) in [6, 6.07) is 0. The lowest BCUT2D eigenvalue weighted by molar-refractivity contribution is 0.759. The quantitative estimate of drug-likeness (QED) is 0.321. The topological polar surface area (TPSA) is 0 Å². The molecule has 0 unspecified atom stereocenters. The van der Waals surface area contributed by atoms with Gasteiger partial charge in [-0.05, 0) is 6.42 Å². The van der Waals surface area contributed by atoms with E-state index in [-0.39, 0.29) is 0 Å². The fraction of sp³-hybridized carbons (Fsp3) is 0.286. The zero-order valence-electron chi connectivity index (χ0n) is 9.90. The molecule has 0 bridgehead atoms. The van der Waals surface area contributed by atoms with E-state index in [1.807, 2.05) is 0 Å². The zero-order chi connectivity index (χ0) is 12.8. The summed E-state index contributed by atoms with van der Waals surface area (Å²) in [7, 11) is 0. The SMILES string of the molecule is C=C.C=C.C=C.C=C.[CH2+]CCCC[CH2-]. The largest absolute Gasteiger partial charge is 0.343 e. The van der Waals surface area contributed by atoms with Crippen LogP contribution < -0.4 is 0 Å². The van der Waals surface area contributed by atoms with Crippen molar-refractivity contribution in [1.82, 2.24) is 0 Å². The Morgan fingerprint density at radius 1 is 0.714 bits per heavy atom. The molecule has 0 aliphatic heterocycles. The van der Waals surface area contributed by atoms with E-state index in [1.165, 1.54) is 12.8 Å². The maximum Gasteiger partial charge on any atom is 0.0849 e. The normalized spacial score (nSPS) is 4.93. The van der Waals surface area contributed by atoms with Gasteiger partial charge in [0.25, 0.3) is 0 Å². The molecular weight excluding hydrogens is 168 g/mol. The third-order valence-corrected chi connectivity index (χ3v) is 0.750. The summed E-state index contributed by atoms with van der Waals surface area (Å²) in [5, 5.41) is 0. The fourth-order valence-corrected chi connectivity index (χ4v) is 0.354. The van der Waals surface area contributed by atoms with Gasteiger partial charge in [-0.15, -0.1) is 52.6 Å². The molecule has 0 aromatic carbocycles. The van der Waals surface area contributed by atoms with Gasteiger partial charge in [-0.1, -0.05) is 6.42 Å². The number of unbranched alkanes of at least 4 members (excludes halogenated alkanes) is 3. The van der Waals surface area contributed by atoms with E-state index in [1.54, 1.807) is 0 Å². The van der Waals surface area contributed by atoms with Crippen molar-refractivity contribution in [3.05, 3.63) is 66.5 Å². The Morgan fingerprint density at radius 2 is 1.00 bits per heavy atom. The fourth-order valence-electron chi connectivity index (χ4n) is 0.354. The van der Waals surface area contributed by atoms with E-state index in [9.17, 15) is 0 Å². The Labute approximate surface area is 92.7 Å². The lowest BCUT2D eigenvalue weighted by atomic mass is 10.2. The highest BCUT2D eigenvalue weighted by molar-refractivity contribution is 4.43. The minimum atomic E-state index is 1.06. The van der Waals surface area contributed by atoms with Crippen LogP contribution in [0.2, 0.25) is 0 Å². The van der Waals surface area contributed by atoms with E-state index in [0.29, 0.717) is 0 Å². The summed E-state index contributed by atoms with van der Waals surface area (Å²) >= 11 is 0. The first-order valence-corrected chi connectivity index (χ1v) is 4.50. The van der Waals surface area contributed by atoms with Crippen molar-refractivity contribution in [3.63, 3.8) is 0 Å². The molecule has 14 heavy (non-hydrogen) atoms. The second-order valence-corrected chi connectivity index (χ2v) is 1.41. The van der Waals surface area contributed by atoms with Crippen LogP contribution in [0.3, 0.4) is 0 Å². The van der Waals surface area contributed by atoms with Crippen molar-refractivity contribution >= 4 is 0 Å². The van der Waals surface area contributed by atoms with Crippen LogP contribution in [-0.2, 0) is 0 Å². The lowest BCUT2D eigenvalue weighted by Gasteiger charge is -1.88. The summed E-state index contributed by atoms with van der Waals surface area (Å²) < 4.78 is 0. The molecule has 0 aromatic heterocycles. The van der Waals surface area contributed by atoms with Crippen molar-refractivity contribution in [2.75, 3.05) is 0 Å². The monoisotopic (exact) mass is 196 g/mol. The number of rotatable bonds is 3. The van der Waals surface area contributed by atoms with Crippen molar-refractivity contribution in [2.24, 2.45) is 0 Å². The van der Waals surface area contributed by atoms with Crippen LogP contribution in [0, 0.1) is 13.8 Å². The molecule has 0 saturated carbocycles. The first-order chi connectivity index (χ1) is 6.91. The summed E-state index contributed by atoms with van der Waals surface area (Å²) in [6.07, 6.45) is 4.61. The molecule has 0 nitrogen and oxygen atoms in total. The van der Waals surface area contributed by atoms with Crippen molar-refractivity contribution in [1.29, 1.82) is 0 Å². The molecule has 0 aliphatic rings. The maximum atomic E-state index is 3.70. The molecule has 0 atom stereocenters. The highest BCUT2D eigenvalue weighted by atomic mass is 13.8. The number of hydrogen-bond donors (Lipinski definition) is 0. The van der Waals surface area contributed by atoms with Gasteiger partial charge >= 0.3 is 0 Å². The van der Waals surface area contributed by atoms with Crippen LogP contribution in [0.4, 0.5) is 0 Å². The summed E-state index contributed by atoms with van der Waals surface area (Å²) in [5.41, 5.74) is 0. The van der Waals surface area contributed by atoms with Gasteiger partial charge < -0.3 is 6.92 Å². The second kappa shape index (κ2) is 173. The highest BCUT2D eigenvalue weighted by Crippen LogP contribution is 1.94. The van der Waals surface area contributed by atoms with E-state index in [4.69, 9.17) is 0 Å². The van der Waals surface area contributed by atoms with Gasteiger partial charge in [-0.25, -0.2) is 0 Å². The Kier molecular flexibility index (Phi) is 362. The zero-order valence-corrected chi connectivity index (χ0v) is 9.90. The van der Waals surface area contributed by atoms with Gasteiger partial charge in [0.05, 0.1) is 13.3 Å². The average Bonchev–Trinajstić information content (AvgIpc) is 2.36. The van der Waals surface area contributed by atoms with Crippen LogP contribution in [0.5, 0.6) is 0 Å². The maximum absolute atomic E-state index is 3.70. The number of hydrogen-bond acceptors (Lipinski definition) is 0. The van der Waals surface area contributed by atoms with Gasteiger partial charge in [0.2, 0.25) is 0 Å². The molecule has 0 N–H and O–H groups in total. The summed E-state index contributed by atoms with van der Waals surface area (Å²) in [6.45, 7) is 31.4. The molecule has 0 heterocycles. The molecule has 0 heteroatoms. The standard InChI is InChI=1S/C6H12.4C2H4/c1-3-5-6-4-2;4*1-2/h1-6H2;4*1-2H2. The summed E-state index contributed by atoms with van der Waals surface area (Å²) in [4.78, 5) is 0.